The summed E-state index contributed by atoms with van der Waals surface area (Å²) < 4.78 is 14.3. The summed E-state index contributed by atoms with van der Waals surface area (Å²) in [7, 11) is 0. The largest absolute Gasteiger partial charge is 0.309 e. The summed E-state index contributed by atoms with van der Waals surface area (Å²) in [6.45, 7) is 2.95. The van der Waals surface area contributed by atoms with Gasteiger partial charge in [0.1, 0.15) is 5.82 Å². The molecule has 1 unspecified atom stereocenters. The molecule has 0 spiro atoms. The number of halogens is 3. The lowest BCUT2D eigenvalue weighted by Gasteiger charge is -2.17. The second-order valence-electron chi connectivity index (χ2n) is 4.20. The minimum Gasteiger partial charge on any atom is -0.309 e. The minimum absolute atomic E-state index is 0.179. The standard InChI is InChI=1S/C14H14BrClFNS/c1-2-18-13(14-10(15)5-6-19-14)8-9-3-4-12(17)11(16)7-9/h3-7,13,18H,2,8H2,1H3. The molecule has 5 heteroatoms. The van der Waals surface area contributed by atoms with Crippen molar-refractivity contribution >= 4 is 38.9 Å². The van der Waals surface area contributed by atoms with Crippen molar-refractivity contribution in [2.24, 2.45) is 0 Å². The van der Waals surface area contributed by atoms with Crippen LogP contribution in [0.4, 0.5) is 4.39 Å². The van der Waals surface area contributed by atoms with Crippen molar-refractivity contribution in [1.82, 2.24) is 5.32 Å². The van der Waals surface area contributed by atoms with Crippen LogP contribution in [0.1, 0.15) is 23.4 Å². The van der Waals surface area contributed by atoms with Crippen molar-refractivity contribution in [2.75, 3.05) is 6.54 Å². The number of benzene rings is 1. The number of hydrogen-bond donors (Lipinski definition) is 1. The van der Waals surface area contributed by atoms with Crippen molar-refractivity contribution in [3.8, 4) is 0 Å². The van der Waals surface area contributed by atoms with E-state index in [9.17, 15) is 4.39 Å². The molecule has 0 saturated heterocycles. The minimum atomic E-state index is -0.372. The Bertz CT molecular complexity index is 558. The normalized spacial score (nSPS) is 12.6. The molecular weight excluding hydrogens is 349 g/mol. The molecule has 1 atom stereocenters. The highest BCUT2D eigenvalue weighted by Crippen LogP contribution is 2.31. The molecule has 1 N–H and O–H groups in total. The fourth-order valence-corrected chi connectivity index (χ4v) is 3.89. The van der Waals surface area contributed by atoms with E-state index in [2.05, 4.69) is 33.6 Å². The fraction of sp³-hybridized carbons (Fsp3) is 0.286. The maximum Gasteiger partial charge on any atom is 0.141 e. The summed E-state index contributed by atoms with van der Waals surface area (Å²) in [5.74, 6) is -0.372. The Kier molecular flexibility index (Phi) is 5.39. The van der Waals surface area contributed by atoms with E-state index < -0.39 is 0 Å². The third-order valence-electron chi connectivity index (χ3n) is 2.84. The predicted molar refractivity (Wildman–Crippen MR) is 83.6 cm³/mol. The summed E-state index contributed by atoms with van der Waals surface area (Å²) in [4.78, 5) is 1.25. The number of thiophene rings is 1. The SMILES string of the molecule is CCNC(Cc1ccc(F)c(Cl)c1)c1sccc1Br. The summed E-state index contributed by atoms with van der Waals surface area (Å²) in [5, 5.41) is 5.69. The van der Waals surface area contributed by atoms with E-state index in [0.717, 1.165) is 23.0 Å². The van der Waals surface area contributed by atoms with E-state index in [0.29, 0.717) is 0 Å². The Morgan fingerprint density at radius 2 is 2.21 bits per heavy atom. The van der Waals surface area contributed by atoms with E-state index in [1.807, 2.05) is 6.07 Å². The number of nitrogens with one attached hydrogen (secondary N) is 1. The van der Waals surface area contributed by atoms with Crippen LogP contribution < -0.4 is 5.32 Å². The highest BCUT2D eigenvalue weighted by Gasteiger charge is 2.16. The molecule has 0 saturated carbocycles. The molecule has 0 aliphatic heterocycles. The maximum atomic E-state index is 13.2. The van der Waals surface area contributed by atoms with Crippen molar-refractivity contribution in [3.05, 3.63) is 55.4 Å². The number of hydrogen-bond acceptors (Lipinski definition) is 2. The molecular formula is C14H14BrClFNS. The zero-order chi connectivity index (χ0) is 13.8. The molecule has 1 heterocycles. The molecule has 0 radical (unpaired) electrons. The zero-order valence-electron chi connectivity index (χ0n) is 10.4. The van der Waals surface area contributed by atoms with Crippen LogP contribution in [0.25, 0.3) is 0 Å². The quantitative estimate of drug-likeness (QED) is 0.771. The first-order chi connectivity index (χ1) is 9.11. The molecule has 0 fully saturated rings. The lowest BCUT2D eigenvalue weighted by molar-refractivity contribution is 0.555. The van der Waals surface area contributed by atoms with Crippen LogP contribution in [0.5, 0.6) is 0 Å². The molecule has 19 heavy (non-hydrogen) atoms. The van der Waals surface area contributed by atoms with Gasteiger partial charge in [-0.05, 0) is 58.0 Å². The Balaban J connectivity index is 2.21. The van der Waals surface area contributed by atoms with Gasteiger partial charge in [-0.3, -0.25) is 0 Å². The fourth-order valence-electron chi connectivity index (χ4n) is 1.96. The van der Waals surface area contributed by atoms with E-state index in [1.54, 1.807) is 23.5 Å². The van der Waals surface area contributed by atoms with Gasteiger partial charge in [0, 0.05) is 15.4 Å². The van der Waals surface area contributed by atoms with E-state index >= 15 is 0 Å². The van der Waals surface area contributed by atoms with Gasteiger partial charge in [-0.15, -0.1) is 11.3 Å². The van der Waals surface area contributed by atoms with Gasteiger partial charge >= 0.3 is 0 Å². The molecule has 0 aliphatic carbocycles. The molecule has 2 aromatic rings. The van der Waals surface area contributed by atoms with Gasteiger partial charge in [0.05, 0.1) is 5.02 Å². The smallest absolute Gasteiger partial charge is 0.141 e. The second kappa shape index (κ2) is 6.84. The van der Waals surface area contributed by atoms with Crippen LogP contribution in [0.3, 0.4) is 0 Å². The molecule has 0 aliphatic rings. The van der Waals surface area contributed by atoms with Gasteiger partial charge in [0.15, 0.2) is 0 Å². The maximum absolute atomic E-state index is 13.2. The number of rotatable bonds is 5. The van der Waals surface area contributed by atoms with Crippen molar-refractivity contribution < 1.29 is 4.39 Å². The predicted octanol–water partition coefficient (Wildman–Crippen LogP) is 5.20. The van der Waals surface area contributed by atoms with Crippen LogP contribution in [-0.2, 0) is 6.42 Å². The molecule has 1 aromatic heterocycles. The average Bonchev–Trinajstić information content (AvgIpc) is 2.79. The molecule has 1 nitrogen and oxygen atoms in total. The molecule has 0 bridgehead atoms. The average molecular weight is 363 g/mol. The summed E-state index contributed by atoms with van der Waals surface area (Å²) in [5.41, 5.74) is 1.03. The van der Waals surface area contributed by atoms with Gasteiger partial charge in [0.25, 0.3) is 0 Å². The summed E-state index contributed by atoms with van der Waals surface area (Å²) in [6.07, 6.45) is 0.785. The first kappa shape index (κ1) is 15.0. The first-order valence-electron chi connectivity index (χ1n) is 6.02. The van der Waals surface area contributed by atoms with Crippen LogP contribution >= 0.6 is 38.9 Å². The van der Waals surface area contributed by atoms with Gasteiger partial charge in [-0.1, -0.05) is 24.6 Å². The lowest BCUT2D eigenvalue weighted by Crippen LogP contribution is -2.22. The zero-order valence-corrected chi connectivity index (χ0v) is 13.6. The van der Waals surface area contributed by atoms with E-state index in [4.69, 9.17) is 11.6 Å². The van der Waals surface area contributed by atoms with Gasteiger partial charge in [-0.25, -0.2) is 4.39 Å². The van der Waals surface area contributed by atoms with Gasteiger partial charge < -0.3 is 5.32 Å². The Morgan fingerprint density at radius 3 is 2.79 bits per heavy atom. The third kappa shape index (κ3) is 3.78. The first-order valence-corrected chi connectivity index (χ1v) is 8.07. The van der Waals surface area contributed by atoms with Crippen molar-refractivity contribution in [3.63, 3.8) is 0 Å². The van der Waals surface area contributed by atoms with Gasteiger partial charge in [0.2, 0.25) is 0 Å². The van der Waals surface area contributed by atoms with Crippen LogP contribution in [-0.4, -0.2) is 6.54 Å². The summed E-state index contributed by atoms with van der Waals surface area (Å²) >= 11 is 11.1. The van der Waals surface area contributed by atoms with Gasteiger partial charge in [-0.2, -0.15) is 0 Å². The van der Waals surface area contributed by atoms with Crippen LogP contribution in [0, 0.1) is 5.82 Å². The molecule has 2 rings (SSSR count). The Labute approximate surface area is 129 Å². The Morgan fingerprint density at radius 1 is 1.42 bits per heavy atom. The summed E-state index contributed by atoms with van der Waals surface area (Å²) in [6, 6.07) is 7.16. The Hall–Kier alpha value is -0.420. The number of likely N-dealkylation sites (N-methyl/N-ethyl adjacent to an activating group) is 1. The topological polar surface area (TPSA) is 12.0 Å². The van der Waals surface area contributed by atoms with Crippen LogP contribution in [0.15, 0.2) is 34.1 Å². The highest BCUT2D eigenvalue weighted by atomic mass is 79.9. The van der Waals surface area contributed by atoms with Crippen molar-refractivity contribution in [1.29, 1.82) is 0 Å². The van der Waals surface area contributed by atoms with E-state index in [-0.39, 0.29) is 16.9 Å². The third-order valence-corrected chi connectivity index (χ3v) is 5.11. The monoisotopic (exact) mass is 361 g/mol. The van der Waals surface area contributed by atoms with Crippen LogP contribution in [0.2, 0.25) is 5.02 Å². The lowest BCUT2D eigenvalue weighted by atomic mass is 10.0. The molecule has 102 valence electrons. The second-order valence-corrected chi connectivity index (χ2v) is 6.40. The van der Waals surface area contributed by atoms with E-state index in [1.165, 1.54) is 10.9 Å². The molecule has 0 amide bonds. The van der Waals surface area contributed by atoms with Crippen molar-refractivity contribution in [2.45, 2.75) is 19.4 Å². The highest BCUT2D eigenvalue weighted by molar-refractivity contribution is 9.10. The molecule has 1 aromatic carbocycles.